The van der Waals surface area contributed by atoms with Crippen LogP contribution in [0.4, 0.5) is 23.4 Å². The van der Waals surface area contributed by atoms with Gasteiger partial charge >= 0.3 is 0 Å². The highest BCUT2D eigenvalue weighted by atomic mass is 35.5. The van der Waals surface area contributed by atoms with Gasteiger partial charge in [0.05, 0.1) is 12.2 Å². The number of nitrogens with zero attached hydrogens (tertiary/aromatic N) is 6. The first-order valence-electron chi connectivity index (χ1n) is 10.0. The molecule has 1 aliphatic heterocycles. The second-order valence-corrected chi connectivity index (χ2v) is 8.63. The quantitative estimate of drug-likeness (QED) is 0.443. The van der Waals surface area contributed by atoms with Gasteiger partial charge in [-0.15, -0.1) is 0 Å². The third kappa shape index (κ3) is 5.68. The molecule has 1 saturated heterocycles. The summed E-state index contributed by atoms with van der Waals surface area (Å²) in [5.74, 6) is 2.29. The van der Waals surface area contributed by atoms with Crippen molar-refractivity contribution in [1.82, 2.24) is 24.2 Å². The lowest BCUT2D eigenvalue weighted by molar-refractivity contribution is 0.372. The summed E-state index contributed by atoms with van der Waals surface area (Å²) in [6.45, 7) is 4.08. The number of anilines is 4. The van der Waals surface area contributed by atoms with Crippen molar-refractivity contribution >= 4 is 46.3 Å². The SMILES string of the molecule is CC(Nc1nc(Nc2cnccn2)cc(N2CCN(S(=O)O)CC2)n1)c1ccc(Cl)cc1. The Morgan fingerprint density at radius 2 is 1.84 bits per heavy atom. The molecule has 0 radical (unpaired) electrons. The smallest absolute Gasteiger partial charge is 0.234 e. The van der Waals surface area contributed by atoms with E-state index in [0.717, 1.165) is 5.56 Å². The van der Waals surface area contributed by atoms with Gasteiger partial charge < -0.3 is 15.5 Å². The number of aromatic nitrogens is 4. The zero-order valence-electron chi connectivity index (χ0n) is 17.3. The summed E-state index contributed by atoms with van der Waals surface area (Å²) in [4.78, 5) is 19.7. The van der Waals surface area contributed by atoms with Crippen LogP contribution >= 0.6 is 11.6 Å². The molecular formula is C20H23ClN8O2S. The molecule has 1 aromatic carbocycles. The second-order valence-electron chi connectivity index (χ2n) is 7.22. The van der Waals surface area contributed by atoms with E-state index in [1.54, 1.807) is 18.6 Å². The van der Waals surface area contributed by atoms with E-state index < -0.39 is 11.3 Å². The Bertz CT molecular complexity index is 1060. The van der Waals surface area contributed by atoms with Crippen LogP contribution < -0.4 is 15.5 Å². The van der Waals surface area contributed by atoms with Crippen LogP contribution in [0.5, 0.6) is 0 Å². The number of piperazine rings is 1. The fourth-order valence-corrected chi connectivity index (χ4v) is 3.92. The number of hydrogen-bond acceptors (Lipinski definition) is 8. The van der Waals surface area contributed by atoms with Crippen LogP contribution in [0.3, 0.4) is 0 Å². The number of nitrogens with one attached hydrogen (secondary N) is 2. The average Bonchev–Trinajstić information content (AvgIpc) is 2.80. The van der Waals surface area contributed by atoms with E-state index in [9.17, 15) is 8.76 Å². The molecule has 0 aliphatic carbocycles. The van der Waals surface area contributed by atoms with Gasteiger partial charge in [0.15, 0.2) is 0 Å². The Hall–Kier alpha value is -2.86. The van der Waals surface area contributed by atoms with Crippen molar-refractivity contribution in [3.05, 3.63) is 59.5 Å². The average molecular weight is 475 g/mol. The van der Waals surface area contributed by atoms with Crippen LogP contribution in [0.25, 0.3) is 0 Å². The van der Waals surface area contributed by atoms with Crippen molar-refractivity contribution in [3.63, 3.8) is 0 Å². The Kier molecular flexibility index (Phi) is 7.10. The number of rotatable bonds is 7. The minimum Gasteiger partial charge on any atom is -0.354 e. The van der Waals surface area contributed by atoms with Crippen molar-refractivity contribution in [2.45, 2.75) is 13.0 Å². The van der Waals surface area contributed by atoms with E-state index >= 15 is 0 Å². The van der Waals surface area contributed by atoms with E-state index in [0.29, 0.717) is 54.6 Å². The molecule has 12 heteroatoms. The molecule has 32 heavy (non-hydrogen) atoms. The topological polar surface area (TPSA) is 119 Å². The monoisotopic (exact) mass is 474 g/mol. The van der Waals surface area contributed by atoms with Gasteiger partial charge in [-0.1, -0.05) is 23.7 Å². The molecule has 0 amide bonds. The predicted molar refractivity (Wildman–Crippen MR) is 125 cm³/mol. The van der Waals surface area contributed by atoms with Crippen molar-refractivity contribution in [1.29, 1.82) is 0 Å². The fraction of sp³-hybridized carbons (Fsp3) is 0.300. The summed E-state index contributed by atoms with van der Waals surface area (Å²) < 4.78 is 22.2. The van der Waals surface area contributed by atoms with Crippen molar-refractivity contribution in [2.75, 3.05) is 41.7 Å². The molecular weight excluding hydrogens is 452 g/mol. The third-order valence-corrected chi connectivity index (χ3v) is 6.09. The number of halogens is 1. The zero-order chi connectivity index (χ0) is 22.5. The summed E-state index contributed by atoms with van der Waals surface area (Å²) in [6.07, 6.45) is 4.81. The first-order valence-corrected chi connectivity index (χ1v) is 11.5. The van der Waals surface area contributed by atoms with E-state index in [2.05, 4.69) is 30.5 Å². The molecule has 0 saturated carbocycles. The molecule has 1 aliphatic rings. The molecule has 0 spiro atoms. The lowest BCUT2D eigenvalue weighted by Crippen LogP contribution is -2.47. The van der Waals surface area contributed by atoms with Crippen LogP contribution in [0, 0.1) is 0 Å². The first kappa shape index (κ1) is 22.3. The summed E-state index contributed by atoms with van der Waals surface area (Å²) in [6, 6.07) is 9.38. The Balaban J connectivity index is 1.58. The Labute approximate surface area is 193 Å². The summed E-state index contributed by atoms with van der Waals surface area (Å²) in [5.41, 5.74) is 1.05. The van der Waals surface area contributed by atoms with Gasteiger partial charge in [-0.05, 0) is 24.6 Å². The molecule has 3 aromatic rings. The van der Waals surface area contributed by atoms with Crippen molar-refractivity contribution in [3.8, 4) is 0 Å². The maximum Gasteiger partial charge on any atom is 0.234 e. The molecule has 2 unspecified atom stereocenters. The van der Waals surface area contributed by atoms with Gasteiger partial charge in [0.25, 0.3) is 0 Å². The van der Waals surface area contributed by atoms with Gasteiger partial charge in [0, 0.05) is 49.7 Å². The highest BCUT2D eigenvalue weighted by Gasteiger charge is 2.22. The maximum atomic E-state index is 11.3. The summed E-state index contributed by atoms with van der Waals surface area (Å²) in [5, 5.41) is 7.18. The number of hydrogen-bond donors (Lipinski definition) is 3. The molecule has 3 heterocycles. The highest BCUT2D eigenvalue weighted by Crippen LogP contribution is 2.25. The summed E-state index contributed by atoms with van der Waals surface area (Å²) in [7, 11) is 0. The molecule has 2 atom stereocenters. The van der Waals surface area contributed by atoms with Crippen LogP contribution in [-0.2, 0) is 11.3 Å². The normalized spacial score (nSPS) is 16.4. The molecule has 10 nitrogen and oxygen atoms in total. The second kappa shape index (κ2) is 10.2. The van der Waals surface area contributed by atoms with E-state index in [4.69, 9.17) is 16.6 Å². The molecule has 0 bridgehead atoms. The van der Waals surface area contributed by atoms with E-state index in [-0.39, 0.29) is 6.04 Å². The Morgan fingerprint density at radius 1 is 1.09 bits per heavy atom. The predicted octanol–water partition coefficient (Wildman–Crippen LogP) is 3.10. The highest BCUT2D eigenvalue weighted by molar-refractivity contribution is 7.76. The van der Waals surface area contributed by atoms with Crippen LogP contribution in [-0.4, -0.2) is 59.2 Å². The van der Waals surface area contributed by atoms with Gasteiger partial charge in [0.1, 0.15) is 17.5 Å². The minimum absolute atomic E-state index is 0.0551. The fourth-order valence-electron chi connectivity index (χ4n) is 3.32. The van der Waals surface area contributed by atoms with E-state index in [1.807, 2.05) is 37.3 Å². The van der Waals surface area contributed by atoms with Gasteiger partial charge in [-0.2, -0.15) is 14.3 Å². The van der Waals surface area contributed by atoms with Crippen LogP contribution in [0.2, 0.25) is 5.02 Å². The Morgan fingerprint density at radius 3 is 2.50 bits per heavy atom. The lowest BCUT2D eigenvalue weighted by Gasteiger charge is -2.33. The van der Waals surface area contributed by atoms with Gasteiger partial charge in [0.2, 0.25) is 17.2 Å². The molecule has 168 valence electrons. The van der Waals surface area contributed by atoms with Crippen molar-refractivity contribution < 1.29 is 8.76 Å². The molecule has 1 fully saturated rings. The van der Waals surface area contributed by atoms with Crippen LogP contribution in [0.1, 0.15) is 18.5 Å². The van der Waals surface area contributed by atoms with Gasteiger partial charge in [-0.25, -0.2) is 9.19 Å². The lowest BCUT2D eigenvalue weighted by atomic mass is 10.1. The standard InChI is InChI=1S/C20H23ClN8O2S/c1-14(15-2-4-16(21)5-3-15)24-20-26-17(25-18-13-22-6-7-23-18)12-19(27-20)28-8-10-29(11-9-28)32(30)31/h2-7,12-14H,8-11H2,1H3,(H,30,31)(H2,23,24,25,26,27). The number of benzene rings is 1. The first-order chi connectivity index (χ1) is 15.5. The van der Waals surface area contributed by atoms with Gasteiger partial charge in [-0.3, -0.25) is 9.54 Å². The summed E-state index contributed by atoms with van der Waals surface area (Å²) >= 11 is 4.04. The van der Waals surface area contributed by atoms with Crippen molar-refractivity contribution in [2.24, 2.45) is 0 Å². The van der Waals surface area contributed by atoms with E-state index in [1.165, 1.54) is 4.31 Å². The largest absolute Gasteiger partial charge is 0.354 e. The molecule has 3 N–H and O–H groups in total. The minimum atomic E-state index is -1.96. The zero-order valence-corrected chi connectivity index (χ0v) is 18.9. The molecule has 4 rings (SSSR count). The molecule has 2 aromatic heterocycles. The third-order valence-electron chi connectivity index (χ3n) is 5.03. The van der Waals surface area contributed by atoms with Crippen LogP contribution in [0.15, 0.2) is 48.9 Å². The maximum absolute atomic E-state index is 11.3.